The zero-order valence-electron chi connectivity index (χ0n) is 24.9. The van der Waals surface area contributed by atoms with E-state index in [1.54, 1.807) is 0 Å². The number of carboxylic acid groups (broad SMARTS) is 1. The van der Waals surface area contributed by atoms with Crippen LogP contribution in [0.25, 0.3) is 0 Å². The number of fused-ring (bicyclic) bond motifs is 7. The first-order valence-corrected chi connectivity index (χ1v) is 15.0. The lowest BCUT2D eigenvalue weighted by atomic mass is 9.30. The predicted octanol–water partition coefficient (Wildman–Crippen LogP) is 6.03. The molecule has 5 aliphatic carbocycles. The van der Waals surface area contributed by atoms with Crippen LogP contribution in [0.3, 0.4) is 0 Å². The monoisotopic (exact) mass is 530 g/mol. The first-order chi connectivity index (χ1) is 17.4. The van der Waals surface area contributed by atoms with Crippen LogP contribution < -0.4 is 0 Å². The smallest absolute Gasteiger partial charge is 0.309 e. The molecule has 5 rings (SSSR count). The Kier molecular flexibility index (Phi) is 6.14. The first kappa shape index (κ1) is 28.1. The van der Waals surface area contributed by atoms with Crippen molar-refractivity contribution in [2.45, 2.75) is 125 Å². The topological polar surface area (TPSA) is 101 Å². The van der Waals surface area contributed by atoms with E-state index >= 15 is 0 Å². The number of esters is 1. The lowest BCUT2D eigenvalue weighted by Gasteiger charge is -2.73. The van der Waals surface area contributed by atoms with Gasteiger partial charge in [0.1, 0.15) is 12.2 Å². The fraction of sp³-hybridized carbons (Fsp3) is 0.906. The lowest BCUT2D eigenvalue weighted by molar-refractivity contribution is -0.263. The molecule has 6 nitrogen and oxygen atoms in total. The normalized spacial score (nSPS) is 51.0. The molecule has 0 aliphatic heterocycles. The van der Waals surface area contributed by atoms with E-state index in [0.29, 0.717) is 19.3 Å². The highest BCUT2D eigenvalue weighted by Gasteiger charge is 2.75. The molecule has 0 amide bonds. The minimum absolute atomic E-state index is 0.00878. The summed E-state index contributed by atoms with van der Waals surface area (Å²) in [5.41, 5.74) is -2.10. The number of ketones is 1. The van der Waals surface area contributed by atoms with E-state index in [9.17, 15) is 24.6 Å². The maximum absolute atomic E-state index is 14.5. The van der Waals surface area contributed by atoms with Gasteiger partial charge in [0.05, 0.1) is 5.41 Å². The van der Waals surface area contributed by atoms with Crippen LogP contribution >= 0.6 is 0 Å². The van der Waals surface area contributed by atoms with Crippen LogP contribution in [0.5, 0.6) is 0 Å². The van der Waals surface area contributed by atoms with Crippen molar-refractivity contribution in [3.63, 3.8) is 0 Å². The minimum atomic E-state index is -1.14. The Bertz CT molecular complexity index is 1050. The molecular weight excluding hydrogens is 480 g/mol. The molecule has 2 N–H and O–H groups in total. The van der Waals surface area contributed by atoms with E-state index in [4.69, 9.17) is 4.74 Å². The van der Waals surface area contributed by atoms with E-state index in [-0.39, 0.29) is 68.6 Å². The Labute approximate surface area is 228 Å². The summed E-state index contributed by atoms with van der Waals surface area (Å²) >= 11 is 0. The zero-order valence-corrected chi connectivity index (χ0v) is 24.9. The number of hydrogen-bond donors (Lipinski definition) is 2. The summed E-state index contributed by atoms with van der Waals surface area (Å²) in [7, 11) is 0. The number of carboxylic acids is 1. The molecule has 5 aliphatic rings. The van der Waals surface area contributed by atoms with Gasteiger partial charge < -0.3 is 14.9 Å². The van der Waals surface area contributed by atoms with Crippen LogP contribution in [-0.2, 0) is 19.1 Å². The van der Waals surface area contributed by atoms with Gasteiger partial charge >= 0.3 is 11.9 Å². The second-order valence-electron chi connectivity index (χ2n) is 16.1. The predicted molar refractivity (Wildman–Crippen MR) is 144 cm³/mol. The molecule has 6 heteroatoms. The Hall–Kier alpha value is -1.43. The highest BCUT2D eigenvalue weighted by atomic mass is 16.5. The Morgan fingerprint density at radius 2 is 1.50 bits per heavy atom. The molecule has 0 saturated heterocycles. The van der Waals surface area contributed by atoms with Gasteiger partial charge in [-0.25, -0.2) is 0 Å². The average Bonchev–Trinajstić information content (AvgIpc) is 2.78. The summed E-state index contributed by atoms with van der Waals surface area (Å²) in [5, 5.41) is 22.5. The number of Topliss-reactive ketones (excluding diaryl/α,β-unsaturated/α-hetero) is 1. The third kappa shape index (κ3) is 3.43. The zero-order chi connectivity index (χ0) is 28.3. The van der Waals surface area contributed by atoms with Crippen molar-refractivity contribution in [2.24, 2.45) is 56.2 Å². The molecule has 5 saturated carbocycles. The van der Waals surface area contributed by atoms with Gasteiger partial charge in [-0.3, -0.25) is 14.4 Å². The maximum atomic E-state index is 14.5. The number of aliphatic carboxylic acids is 1. The van der Waals surface area contributed by atoms with Crippen LogP contribution in [-0.4, -0.2) is 40.1 Å². The lowest BCUT2D eigenvalue weighted by Crippen LogP contribution is -2.73. The molecule has 0 aromatic rings. The van der Waals surface area contributed by atoms with Crippen LogP contribution in [0, 0.1) is 56.2 Å². The molecule has 214 valence electrons. The number of aliphatic hydroxyl groups is 1. The Balaban J connectivity index is 1.59. The van der Waals surface area contributed by atoms with Gasteiger partial charge in [-0.1, -0.05) is 48.5 Å². The van der Waals surface area contributed by atoms with Gasteiger partial charge in [0, 0.05) is 24.2 Å². The fourth-order valence-electron chi connectivity index (χ4n) is 11.6. The second-order valence-corrected chi connectivity index (χ2v) is 16.1. The van der Waals surface area contributed by atoms with Gasteiger partial charge in [-0.05, 0) is 91.3 Å². The summed E-state index contributed by atoms with van der Waals surface area (Å²) < 4.78 is 5.80. The van der Waals surface area contributed by atoms with Crippen molar-refractivity contribution in [3.8, 4) is 0 Å². The molecule has 0 spiro atoms. The van der Waals surface area contributed by atoms with Crippen LogP contribution in [0.2, 0.25) is 0 Å². The van der Waals surface area contributed by atoms with Crippen LogP contribution in [0.1, 0.15) is 113 Å². The number of ether oxygens (including phenoxy) is 1. The summed E-state index contributed by atoms with van der Waals surface area (Å²) in [5.74, 6) is -1.71. The van der Waals surface area contributed by atoms with Gasteiger partial charge in [-0.15, -0.1) is 0 Å². The quantitative estimate of drug-likeness (QED) is 0.423. The van der Waals surface area contributed by atoms with E-state index in [0.717, 1.165) is 38.5 Å². The molecular formula is C32H50O6. The van der Waals surface area contributed by atoms with Gasteiger partial charge in [0.2, 0.25) is 0 Å². The number of hydrogen-bond acceptors (Lipinski definition) is 5. The van der Waals surface area contributed by atoms with E-state index in [2.05, 4.69) is 48.5 Å². The Morgan fingerprint density at radius 3 is 2.11 bits per heavy atom. The van der Waals surface area contributed by atoms with Crippen molar-refractivity contribution in [3.05, 3.63) is 0 Å². The maximum Gasteiger partial charge on any atom is 0.309 e. The second kappa shape index (κ2) is 8.30. The van der Waals surface area contributed by atoms with E-state index < -0.39 is 17.5 Å². The highest BCUT2D eigenvalue weighted by Crippen LogP contribution is 2.76. The summed E-state index contributed by atoms with van der Waals surface area (Å²) in [6.45, 7) is 17.1. The average molecular weight is 531 g/mol. The van der Waals surface area contributed by atoms with Crippen LogP contribution in [0.4, 0.5) is 0 Å². The summed E-state index contributed by atoms with van der Waals surface area (Å²) in [4.78, 5) is 39.3. The fourth-order valence-corrected chi connectivity index (χ4v) is 11.6. The van der Waals surface area contributed by atoms with E-state index in [1.807, 2.05) is 0 Å². The molecule has 5 unspecified atom stereocenters. The number of rotatable bonds is 2. The summed E-state index contributed by atoms with van der Waals surface area (Å²) in [6.07, 6.45) is 5.59. The number of carbonyl (C=O) groups is 3. The highest BCUT2D eigenvalue weighted by molar-refractivity contribution is 5.89. The summed E-state index contributed by atoms with van der Waals surface area (Å²) in [6, 6.07) is 0. The third-order valence-electron chi connectivity index (χ3n) is 13.7. The van der Waals surface area contributed by atoms with Crippen LogP contribution in [0.15, 0.2) is 0 Å². The SMILES string of the molecule is CC(=O)O[C@H]1CC[C@@]2(C)C(CC[C@]3(C)C2C(=O)C(O)C2C4CC(C)(C)CC[C@]4(C(=O)O)CC[C@]23C)C1(C)C. The van der Waals surface area contributed by atoms with E-state index in [1.165, 1.54) is 6.92 Å². The van der Waals surface area contributed by atoms with Crippen molar-refractivity contribution < 1.29 is 29.3 Å². The van der Waals surface area contributed by atoms with Crippen molar-refractivity contribution in [1.82, 2.24) is 0 Å². The van der Waals surface area contributed by atoms with Gasteiger partial charge in [-0.2, -0.15) is 0 Å². The van der Waals surface area contributed by atoms with Crippen molar-refractivity contribution in [2.75, 3.05) is 0 Å². The number of aliphatic hydroxyl groups excluding tert-OH is 1. The molecule has 0 bridgehead atoms. The number of carbonyl (C=O) groups excluding carboxylic acids is 2. The molecule has 5 fully saturated rings. The minimum Gasteiger partial charge on any atom is -0.481 e. The van der Waals surface area contributed by atoms with Crippen molar-refractivity contribution in [1.29, 1.82) is 0 Å². The third-order valence-corrected chi connectivity index (χ3v) is 13.7. The molecule has 38 heavy (non-hydrogen) atoms. The van der Waals surface area contributed by atoms with Gasteiger partial charge in [0.25, 0.3) is 0 Å². The van der Waals surface area contributed by atoms with Crippen molar-refractivity contribution >= 4 is 17.7 Å². The molecule has 0 heterocycles. The standard InChI is InChI=1S/C32H50O6/c1-18(33)38-21-10-11-29(6)20(28(21,4)5)9-12-31(8)25(29)24(35)23(34)22-19-17-27(2,3)13-15-32(19,26(36)37)16-14-30(22,31)7/h19-23,25,34H,9-17H2,1-8H3,(H,36,37)/t19?,20?,21-,22?,23?,25?,29-,30+,31+,32-/m0/s1. The molecule has 0 aromatic carbocycles. The largest absolute Gasteiger partial charge is 0.481 e. The molecule has 10 atom stereocenters. The Morgan fingerprint density at radius 1 is 0.868 bits per heavy atom. The van der Waals surface area contributed by atoms with Gasteiger partial charge in [0.15, 0.2) is 5.78 Å². The molecule has 0 aromatic heterocycles. The molecule has 0 radical (unpaired) electrons. The first-order valence-electron chi connectivity index (χ1n) is 15.0.